The summed E-state index contributed by atoms with van der Waals surface area (Å²) < 4.78 is 9.32. The number of para-hydroxylation sites is 3. The Morgan fingerprint density at radius 2 is 1.25 bits per heavy atom. The predicted molar refractivity (Wildman–Crippen MR) is 225 cm³/mol. The average molecular weight is 693 g/mol. The molecule has 2 heterocycles. The number of rotatable bonds is 6. The van der Waals surface area contributed by atoms with Crippen LogP contribution < -0.4 is 5.19 Å². The van der Waals surface area contributed by atoms with Gasteiger partial charge < -0.3 is 4.42 Å². The first-order valence-corrected chi connectivity index (χ1v) is 22.1. The van der Waals surface area contributed by atoms with Crippen LogP contribution in [0.2, 0.25) is 19.6 Å². The van der Waals surface area contributed by atoms with Crippen molar-refractivity contribution in [3.63, 3.8) is 0 Å². The molecule has 0 aliphatic rings. The Balaban J connectivity index is 1.31. The minimum Gasteiger partial charge on any atom is -0.455 e. The van der Waals surface area contributed by atoms with Gasteiger partial charge in [0.25, 0.3) is 0 Å². The van der Waals surface area contributed by atoms with Crippen molar-refractivity contribution in [2.75, 3.05) is 0 Å². The molecule has 0 saturated heterocycles. The van der Waals surface area contributed by atoms with Gasteiger partial charge in [-0.05, 0) is 98.1 Å². The lowest BCUT2D eigenvalue weighted by atomic mass is 9.88. The summed E-state index contributed by atoms with van der Waals surface area (Å²) in [7, 11) is -1.40. The lowest BCUT2D eigenvalue weighted by Crippen LogP contribution is -2.37. The highest BCUT2D eigenvalue weighted by atomic mass is 28.3. The van der Waals surface area contributed by atoms with E-state index in [0.717, 1.165) is 44.4 Å². The molecule has 0 unspecified atom stereocenters. The summed E-state index contributed by atoms with van der Waals surface area (Å²) in [6.07, 6.45) is 0. The van der Waals surface area contributed by atoms with Gasteiger partial charge in [0.2, 0.25) is 0 Å². The van der Waals surface area contributed by atoms with E-state index in [1.807, 2.05) is 0 Å². The van der Waals surface area contributed by atoms with Crippen LogP contribution in [-0.2, 0) is 0 Å². The molecule has 0 aliphatic carbocycles. The fraction of sp³-hybridized carbons (Fsp3) is 0.188. The lowest BCUT2D eigenvalue weighted by molar-refractivity contribution is 0.670. The summed E-state index contributed by atoms with van der Waals surface area (Å²) >= 11 is 0. The molecule has 0 aliphatic heterocycles. The highest BCUT2D eigenvalue weighted by Crippen LogP contribution is 2.43. The van der Waals surface area contributed by atoms with Gasteiger partial charge in [-0.25, -0.2) is 4.98 Å². The summed E-state index contributed by atoms with van der Waals surface area (Å²) in [4.78, 5) is 5.40. The van der Waals surface area contributed by atoms with Crippen molar-refractivity contribution in [3.8, 4) is 28.2 Å². The molecule has 9 aromatic rings. The molecule has 0 saturated carbocycles. The van der Waals surface area contributed by atoms with Crippen molar-refractivity contribution in [1.29, 1.82) is 0 Å². The van der Waals surface area contributed by atoms with Crippen molar-refractivity contribution in [1.82, 2.24) is 9.55 Å². The van der Waals surface area contributed by atoms with Crippen LogP contribution in [0.1, 0.15) is 50.7 Å². The standard InChI is InChI=1S/C48H44N2OSi/c1-29(2)39-26-34(31-21-23-35(24-22-31)52(5,6)7)27-40(30(3)4)46(39)50-44-18-11-10-17-43(44)49-48(50)38-16-12-15-37-42-25-33-20-19-32-13-8-9-14-36(32)41(33)28-45(42)51-47(37)38/h8-30H,1-7H3. The van der Waals surface area contributed by atoms with Crippen molar-refractivity contribution >= 4 is 67.8 Å². The van der Waals surface area contributed by atoms with E-state index in [-0.39, 0.29) is 11.8 Å². The summed E-state index contributed by atoms with van der Waals surface area (Å²) in [6, 6.07) is 46.8. The number of benzene rings is 7. The van der Waals surface area contributed by atoms with Gasteiger partial charge >= 0.3 is 0 Å². The van der Waals surface area contributed by atoms with Gasteiger partial charge in [0.1, 0.15) is 17.0 Å². The van der Waals surface area contributed by atoms with E-state index >= 15 is 0 Å². The minimum absolute atomic E-state index is 0.284. The third-order valence-electron chi connectivity index (χ3n) is 10.9. The minimum atomic E-state index is -1.40. The Morgan fingerprint density at radius 3 is 1.98 bits per heavy atom. The quantitative estimate of drug-likeness (QED) is 0.128. The molecule has 0 N–H and O–H groups in total. The molecule has 0 spiro atoms. The van der Waals surface area contributed by atoms with E-state index in [1.165, 1.54) is 54.7 Å². The second-order valence-corrected chi connectivity index (χ2v) is 21.1. The van der Waals surface area contributed by atoms with Gasteiger partial charge in [0.15, 0.2) is 0 Å². The number of hydrogen-bond donors (Lipinski definition) is 0. The normalized spacial score (nSPS) is 12.5. The monoisotopic (exact) mass is 692 g/mol. The Bertz CT molecular complexity index is 2800. The second-order valence-electron chi connectivity index (χ2n) is 16.0. The van der Waals surface area contributed by atoms with E-state index < -0.39 is 8.07 Å². The molecule has 52 heavy (non-hydrogen) atoms. The van der Waals surface area contributed by atoms with Crippen molar-refractivity contribution in [2.24, 2.45) is 0 Å². The Morgan fingerprint density at radius 1 is 0.577 bits per heavy atom. The molecule has 4 heteroatoms. The summed E-state index contributed by atoms with van der Waals surface area (Å²) in [6.45, 7) is 16.5. The fourth-order valence-electron chi connectivity index (χ4n) is 8.06. The van der Waals surface area contributed by atoms with E-state index in [1.54, 1.807) is 0 Å². The first kappa shape index (κ1) is 32.5. The van der Waals surface area contributed by atoms with Gasteiger partial charge in [-0.3, -0.25) is 4.57 Å². The predicted octanol–water partition coefficient (Wildman–Crippen LogP) is 13.4. The van der Waals surface area contributed by atoms with Crippen molar-refractivity contribution < 1.29 is 4.42 Å². The zero-order valence-electron chi connectivity index (χ0n) is 31.1. The van der Waals surface area contributed by atoms with Crippen LogP contribution >= 0.6 is 0 Å². The Kier molecular flexibility index (Phi) is 7.53. The summed E-state index contributed by atoms with van der Waals surface area (Å²) in [5, 5.41) is 8.60. The molecule has 0 fully saturated rings. The molecule has 0 atom stereocenters. The zero-order valence-corrected chi connectivity index (χ0v) is 32.1. The third-order valence-corrected chi connectivity index (χ3v) is 13.0. The van der Waals surface area contributed by atoms with Gasteiger partial charge in [0.05, 0.1) is 30.4 Å². The van der Waals surface area contributed by atoms with Crippen molar-refractivity contribution in [3.05, 3.63) is 139 Å². The number of hydrogen-bond acceptors (Lipinski definition) is 2. The van der Waals surface area contributed by atoms with Crippen LogP contribution in [0.25, 0.3) is 82.7 Å². The molecular weight excluding hydrogens is 649 g/mol. The lowest BCUT2D eigenvalue weighted by Gasteiger charge is -2.24. The zero-order chi connectivity index (χ0) is 35.9. The van der Waals surface area contributed by atoms with Crippen LogP contribution in [0.15, 0.2) is 132 Å². The third kappa shape index (κ3) is 5.19. The van der Waals surface area contributed by atoms with Gasteiger partial charge in [0, 0.05) is 10.8 Å². The molecule has 2 aromatic heterocycles. The molecular formula is C48H44N2OSi. The molecule has 9 rings (SSSR count). The van der Waals surface area contributed by atoms with Gasteiger partial charge in [-0.1, -0.05) is 137 Å². The maximum atomic E-state index is 6.90. The molecule has 7 aromatic carbocycles. The maximum Gasteiger partial charge on any atom is 0.149 e. The highest BCUT2D eigenvalue weighted by Gasteiger charge is 2.26. The summed E-state index contributed by atoms with van der Waals surface area (Å²) in [5.41, 5.74) is 11.2. The smallest absolute Gasteiger partial charge is 0.149 e. The Labute approximate surface area is 306 Å². The van der Waals surface area contributed by atoms with Crippen molar-refractivity contribution in [2.45, 2.75) is 59.2 Å². The number of furan rings is 1. The summed E-state index contributed by atoms with van der Waals surface area (Å²) in [5.74, 6) is 1.47. The first-order valence-electron chi connectivity index (χ1n) is 18.6. The van der Waals surface area contributed by atoms with E-state index in [9.17, 15) is 0 Å². The van der Waals surface area contributed by atoms with E-state index in [4.69, 9.17) is 9.40 Å². The SMILES string of the molecule is CC(C)c1cc(-c2ccc([Si](C)(C)C)cc2)cc(C(C)C)c1-n1c(-c2cccc3c2oc2cc4c(ccc5ccccc54)cc23)nc2ccccc21. The largest absolute Gasteiger partial charge is 0.455 e. The molecule has 3 nitrogen and oxygen atoms in total. The maximum absolute atomic E-state index is 6.90. The van der Waals surface area contributed by atoms with Crippen LogP contribution in [0.5, 0.6) is 0 Å². The molecule has 0 bridgehead atoms. The van der Waals surface area contributed by atoms with E-state index in [0.29, 0.717) is 0 Å². The number of nitrogens with zero attached hydrogens (tertiary/aromatic N) is 2. The molecule has 0 radical (unpaired) electrons. The van der Waals surface area contributed by atoms with Gasteiger partial charge in [-0.2, -0.15) is 0 Å². The molecule has 256 valence electrons. The average Bonchev–Trinajstić information content (AvgIpc) is 3.71. The van der Waals surface area contributed by atoms with Crippen LogP contribution in [0.4, 0.5) is 0 Å². The van der Waals surface area contributed by atoms with Crippen LogP contribution in [0.3, 0.4) is 0 Å². The number of fused-ring (bicyclic) bond motifs is 7. The number of aromatic nitrogens is 2. The van der Waals surface area contributed by atoms with Crippen LogP contribution in [0, 0.1) is 0 Å². The van der Waals surface area contributed by atoms with Crippen LogP contribution in [-0.4, -0.2) is 17.6 Å². The van der Waals surface area contributed by atoms with Gasteiger partial charge in [-0.15, -0.1) is 0 Å². The topological polar surface area (TPSA) is 31.0 Å². The molecule has 0 amide bonds. The Hall–Kier alpha value is -5.45. The van der Waals surface area contributed by atoms with E-state index in [2.05, 4.69) is 179 Å². The highest BCUT2D eigenvalue weighted by molar-refractivity contribution is 6.88. The first-order chi connectivity index (χ1) is 25.1. The number of imidazole rings is 1. The fourth-order valence-corrected chi connectivity index (χ4v) is 9.22. The second kappa shape index (κ2) is 12.1.